The predicted octanol–water partition coefficient (Wildman–Crippen LogP) is 3.86. The number of anilines is 1. The number of nitrogens with zero attached hydrogens (tertiary/aromatic N) is 1. The number of carbonyl (C=O) groups excluding carboxylic acids is 1. The summed E-state index contributed by atoms with van der Waals surface area (Å²) in [5.41, 5.74) is 1.24. The second-order valence-electron chi connectivity index (χ2n) is 6.58. The van der Waals surface area contributed by atoms with Crippen molar-refractivity contribution in [3.05, 3.63) is 65.7 Å². The predicted molar refractivity (Wildman–Crippen MR) is 94.3 cm³/mol. The van der Waals surface area contributed by atoms with Crippen molar-refractivity contribution in [3.8, 4) is 0 Å². The molecule has 1 fully saturated rings. The van der Waals surface area contributed by atoms with Crippen LogP contribution in [0, 0.1) is 17.6 Å². The summed E-state index contributed by atoms with van der Waals surface area (Å²) < 4.78 is 26.7. The molecule has 25 heavy (non-hydrogen) atoms. The molecule has 0 unspecified atom stereocenters. The maximum Gasteiger partial charge on any atom is 0.238 e. The van der Waals surface area contributed by atoms with E-state index >= 15 is 0 Å². The third-order valence-corrected chi connectivity index (χ3v) is 4.64. The van der Waals surface area contributed by atoms with Crippen LogP contribution in [-0.2, 0) is 11.2 Å². The molecule has 2 aromatic carbocycles. The Bertz CT molecular complexity index is 713. The van der Waals surface area contributed by atoms with Crippen molar-refractivity contribution in [1.29, 1.82) is 0 Å². The highest BCUT2D eigenvalue weighted by atomic mass is 19.1. The molecule has 1 saturated heterocycles. The second kappa shape index (κ2) is 8.21. The first kappa shape index (κ1) is 17.5. The first-order chi connectivity index (χ1) is 12.1. The summed E-state index contributed by atoms with van der Waals surface area (Å²) in [6.45, 7) is 1.89. The van der Waals surface area contributed by atoms with Crippen LogP contribution in [0.15, 0.2) is 48.5 Å². The van der Waals surface area contributed by atoms with E-state index in [0.717, 1.165) is 50.6 Å². The Morgan fingerprint density at radius 1 is 1.08 bits per heavy atom. The molecule has 1 aliphatic rings. The fourth-order valence-corrected chi connectivity index (χ4v) is 3.28. The standard InChI is InChI=1S/C20H22F2N2O/c21-17-6-7-18(22)19(13-17)23-20(25)14-24-10-8-16(9-11-24)12-15-4-2-1-3-5-15/h1-7,13,16H,8-12,14H2,(H,23,25). The first-order valence-corrected chi connectivity index (χ1v) is 8.61. The van der Waals surface area contributed by atoms with Gasteiger partial charge in [0.25, 0.3) is 0 Å². The van der Waals surface area contributed by atoms with Gasteiger partial charge in [0.2, 0.25) is 5.91 Å². The molecule has 1 heterocycles. The summed E-state index contributed by atoms with van der Waals surface area (Å²) in [4.78, 5) is 14.1. The van der Waals surface area contributed by atoms with Crippen LogP contribution >= 0.6 is 0 Å². The summed E-state index contributed by atoms with van der Waals surface area (Å²) in [6, 6.07) is 13.5. The maximum atomic E-state index is 13.6. The molecule has 1 aliphatic heterocycles. The average molecular weight is 344 g/mol. The largest absolute Gasteiger partial charge is 0.322 e. The molecular formula is C20H22F2N2O. The Hall–Kier alpha value is -2.27. The number of nitrogens with one attached hydrogen (secondary N) is 1. The number of benzene rings is 2. The Morgan fingerprint density at radius 2 is 1.80 bits per heavy atom. The highest BCUT2D eigenvalue weighted by Crippen LogP contribution is 2.22. The van der Waals surface area contributed by atoms with E-state index < -0.39 is 11.6 Å². The lowest BCUT2D eigenvalue weighted by Crippen LogP contribution is -2.39. The Labute approximate surface area is 146 Å². The molecule has 0 bridgehead atoms. The topological polar surface area (TPSA) is 32.3 Å². The summed E-state index contributed by atoms with van der Waals surface area (Å²) in [6.07, 6.45) is 3.14. The lowest BCUT2D eigenvalue weighted by Gasteiger charge is -2.31. The Balaban J connectivity index is 1.45. The lowest BCUT2D eigenvalue weighted by molar-refractivity contribution is -0.117. The Kier molecular flexibility index (Phi) is 5.76. The molecule has 5 heteroatoms. The third kappa shape index (κ3) is 5.10. The lowest BCUT2D eigenvalue weighted by atomic mass is 9.90. The number of amides is 1. The highest BCUT2D eigenvalue weighted by molar-refractivity contribution is 5.92. The molecule has 3 nitrogen and oxygen atoms in total. The fraction of sp³-hybridized carbons (Fsp3) is 0.350. The van der Waals surface area contributed by atoms with Crippen LogP contribution in [0.2, 0.25) is 0 Å². The minimum Gasteiger partial charge on any atom is -0.322 e. The van der Waals surface area contributed by atoms with Gasteiger partial charge in [-0.2, -0.15) is 0 Å². The van der Waals surface area contributed by atoms with Crippen molar-refractivity contribution in [3.63, 3.8) is 0 Å². The number of halogens is 2. The van der Waals surface area contributed by atoms with Gasteiger partial charge in [-0.3, -0.25) is 9.69 Å². The van der Waals surface area contributed by atoms with Gasteiger partial charge >= 0.3 is 0 Å². The maximum absolute atomic E-state index is 13.6. The summed E-state index contributed by atoms with van der Waals surface area (Å²) in [5, 5.41) is 2.45. The fourth-order valence-electron chi connectivity index (χ4n) is 3.28. The molecule has 0 aliphatic carbocycles. The molecule has 2 aromatic rings. The molecule has 132 valence electrons. The summed E-state index contributed by atoms with van der Waals surface area (Å²) in [5.74, 6) is -0.886. The number of carbonyl (C=O) groups is 1. The molecule has 0 saturated carbocycles. The molecule has 0 atom stereocenters. The van der Waals surface area contributed by atoms with Crippen LogP contribution in [-0.4, -0.2) is 30.4 Å². The van der Waals surface area contributed by atoms with Crippen LogP contribution in [0.25, 0.3) is 0 Å². The third-order valence-electron chi connectivity index (χ3n) is 4.64. The van der Waals surface area contributed by atoms with Crippen molar-refractivity contribution in [2.24, 2.45) is 5.92 Å². The van der Waals surface area contributed by atoms with Crippen LogP contribution < -0.4 is 5.32 Å². The molecular weight excluding hydrogens is 322 g/mol. The van der Waals surface area contributed by atoms with Crippen molar-refractivity contribution in [2.45, 2.75) is 19.3 Å². The normalized spacial score (nSPS) is 15.9. The van der Waals surface area contributed by atoms with Gasteiger partial charge in [0.15, 0.2) is 0 Å². The van der Waals surface area contributed by atoms with Crippen LogP contribution in [0.5, 0.6) is 0 Å². The van der Waals surface area contributed by atoms with Gasteiger partial charge in [0.05, 0.1) is 12.2 Å². The van der Waals surface area contributed by atoms with Crippen molar-refractivity contribution in [2.75, 3.05) is 25.0 Å². The molecule has 0 aromatic heterocycles. The number of piperidine rings is 1. The van der Waals surface area contributed by atoms with Crippen LogP contribution in [0.1, 0.15) is 18.4 Å². The van der Waals surface area contributed by atoms with Crippen LogP contribution in [0.4, 0.5) is 14.5 Å². The van der Waals surface area contributed by atoms with E-state index in [-0.39, 0.29) is 18.1 Å². The highest BCUT2D eigenvalue weighted by Gasteiger charge is 2.21. The minimum atomic E-state index is -0.628. The zero-order valence-electron chi connectivity index (χ0n) is 14.1. The molecule has 1 amide bonds. The number of hydrogen-bond acceptors (Lipinski definition) is 2. The zero-order valence-corrected chi connectivity index (χ0v) is 14.1. The van der Waals surface area contributed by atoms with Crippen molar-refractivity contribution in [1.82, 2.24) is 4.90 Å². The van der Waals surface area contributed by atoms with Gasteiger partial charge < -0.3 is 5.32 Å². The van der Waals surface area contributed by atoms with E-state index in [0.29, 0.717) is 5.92 Å². The van der Waals surface area contributed by atoms with E-state index in [4.69, 9.17) is 0 Å². The van der Waals surface area contributed by atoms with Crippen molar-refractivity contribution >= 4 is 11.6 Å². The smallest absolute Gasteiger partial charge is 0.238 e. The van der Waals surface area contributed by atoms with E-state index in [2.05, 4.69) is 34.5 Å². The quantitative estimate of drug-likeness (QED) is 0.893. The molecule has 0 radical (unpaired) electrons. The van der Waals surface area contributed by atoms with Crippen LogP contribution in [0.3, 0.4) is 0 Å². The van der Waals surface area contributed by atoms with E-state index in [1.165, 1.54) is 5.56 Å². The van der Waals surface area contributed by atoms with Gasteiger partial charge in [-0.1, -0.05) is 30.3 Å². The minimum absolute atomic E-state index is 0.107. The second-order valence-corrected chi connectivity index (χ2v) is 6.58. The monoisotopic (exact) mass is 344 g/mol. The van der Waals surface area contributed by atoms with Gasteiger partial charge in [0, 0.05) is 6.07 Å². The summed E-state index contributed by atoms with van der Waals surface area (Å²) in [7, 11) is 0. The number of likely N-dealkylation sites (tertiary alicyclic amines) is 1. The molecule has 0 spiro atoms. The number of rotatable bonds is 5. The number of hydrogen-bond donors (Lipinski definition) is 1. The van der Waals surface area contributed by atoms with E-state index in [1.54, 1.807) is 0 Å². The zero-order chi connectivity index (χ0) is 17.6. The van der Waals surface area contributed by atoms with E-state index in [1.807, 2.05) is 6.07 Å². The van der Waals surface area contributed by atoms with Gasteiger partial charge in [0.1, 0.15) is 11.6 Å². The van der Waals surface area contributed by atoms with Gasteiger partial charge in [-0.25, -0.2) is 8.78 Å². The average Bonchev–Trinajstić information content (AvgIpc) is 2.61. The Morgan fingerprint density at radius 3 is 2.52 bits per heavy atom. The van der Waals surface area contributed by atoms with Crippen molar-refractivity contribution < 1.29 is 13.6 Å². The first-order valence-electron chi connectivity index (χ1n) is 8.61. The molecule has 1 N–H and O–H groups in total. The van der Waals surface area contributed by atoms with Gasteiger partial charge in [-0.05, 0) is 56.0 Å². The summed E-state index contributed by atoms with van der Waals surface area (Å²) >= 11 is 0. The molecule has 3 rings (SSSR count). The SMILES string of the molecule is O=C(CN1CCC(Cc2ccccc2)CC1)Nc1cc(F)ccc1F. The van der Waals surface area contributed by atoms with Gasteiger partial charge in [-0.15, -0.1) is 0 Å². The van der Waals surface area contributed by atoms with E-state index in [9.17, 15) is 13.6 Å².